The summed E-state index contributed by atoms with van der Waals surface area (Å²) in [4.78, 5) is 5.16. The molecule has 4 aliphatic carbocycles. The smallest absolute Gasteiger partial charge is 0.184 e. The van der Waals surface area contributed by atoms with Crippen LogP contribution in [0.1, 0.15) is 78.6 Å². The van der Waals surface area contributed by atoms with E-state index in [1.807, 2.05) is 0 Å². The molecule has 6 unspecified atom stereocenters. The Balaban J connectivity index is 1.51. The van der Waals surface area contributed by atoms with E-state index in [1.165, 1.54) is 63.5 Å². The van der Waals surface area contributed by atoms with E-state index in [4.69, 9.17) is 9.26 Å². The van der Waals surface area contributed by atoms with Crippen molar-refractivity contribution in [3.05, 3.63) is 0 Å². The zero-order chi connectivity index (χ0) is 21.0. The second-order valence-electron chi connectivity index (χ2n) is 12.4. The van der Waals surface area contributed by atoms with Gasteiger partial charge in [0.2, 0.25) is 0 Å². The highest BCUT2D eigenvalue weighted by atomic mass is 28.4. The second kappa shape index (κ2) is 7.65. The summed E-state index contributed by atoms with van der Waals surface area (Å²) in [6.45, 7) is 14.5. The van der Waals surface area contributed by atoms with Gasteiger partial charge < -0.3 is 9.26 Å². The van der Waals surface area contributed by atoms with Gasteiger partial charge in [0.15, 0.2) is 8.32 Å². The minimum atomic E-state index is -1.43. The molecule has 0 saturated heterocycles. The van der Waals surface area contributed by atoms with Crippen LogP contribution in [0.5, 0.6) is 0 Å². The van der Waals surface area contributed by atoms with Crippen molar-refractivity contribution in [2.45, 2.75) is 104 Å². The van der Waals surface area contributed by atoms with Crippen LogP contribution < -0.4 is 0 Å². The van der Waals surface area contributed by atoms with Gasteiger partial charge in [0.25, 0.3) is 0 Å². The van der Waals surface area contributed by atoms with Crippen molar-refractivity contribution in [3.8, 4) is 0 Å². The summed E-state index contributed by atoms with van der Waals surface area (Å²) in [6.07, 6.45) is 13.0. The van der Waals surface area contributed by atoms with Gasteiger partial charge in [-0.1, -0.05) is 19.0 Å². The van der Waals surface area contributed by atoms with Crippen LogP contribution >= 0.6 is 0 Å². The minimum absolute atomic E-state index is 0.439. The number of rotatable bonds is 4. The molecule has 0 radical (unpaired) electrons. The molecule has 0 aromatic carbocycles. The van der Waals surface area contributed by atoms with Gasteiger partial charge in [-0.2, -0.15) is 0 Å². The van der Waals surface area contributed by atoms with Gasteiger partial charge in [-0.15, -0.1) is 0 Å². The fraction of sp³-hybridized carbons (Fsp3) is 0.960. The molecule has 0 aromatic heterocycles. The van der Waals surface area contributed by atoms with Gasteiger partial charge in [-0.05, 0) is 119 Å². The molecule has 166 valence electrons. The van der Waals surface area contributed by atoms with Gasteiger partial charge in [0.1, 0.15) is 7.11 Å². The molecule has 29 heavy (non-hydrogen) atoms. The van der Waals surface area contributed by atoms with Crippen molar-refractivity contribution in [1.82, 2.24) is 0 Å². The van der Waals surface area contributed by atoms with E-state index in [0.717, 1.165) is 23.7 Å². The monoisotopic (exact) mass is 419 g/mol. The van der Waals surface area contributed by atoms with E-state index in [9.17, 15) is 0 Å². The Morgan fingerprint density at radius 3 is 2.28 bits per heavy atom. The summed E-state index contributed by atoms with van der Waals surface area (Å²) >= 11 is 0. The first-order valence-electron chi connectivity index (χ1n) is 12.3. The maximum absolute atomic E-state index is 6.57. The van der Waals surface area contributed by atoms with E-state index in [0.29, 0.717) is 22.9 Å². The average molecular weight is 420 g/mol. The maximum atomic E-state index is 6.57. The summed E-state index contributed by atoms with van der Waals surface area (Å²) in [5, 5.41) is 4.37. The Kier molecular flexibility index (Phi) is 5.77. The zero-order valence-corrected chi connectivity index (χ0v) is 21.1. The highest BCUT2D eigenvalue weighted by Crippen LogP contribution is 2.67. The lowest BCUT2D eigenvalue weighted by Crippen LogP contribution is -2.54. The highest BCUT2D eigenvalue weighted by Gasteiger charge is 2.60. The molecule has 4 aliphatic rings. The molecular formula is C25H45NO2Si. The Hall–Kier alpha value is -0.353. The topological polar surface area (TPSA) is 30.8 Å². The van der Waals surface area contributed by atoms with Crippen molar-refractivity contribution in [2.75, 3.05) is 7.11 Å². The van der Waals surface area contributed by atoms with Crippen molar-refractivity contribution in [3.63, 3.8) is 0 Å². The first-order chi connectivity index (χ1) is 13.6. The molecule has 0 spiro atoms. The third-order valence-corrected chi connectivity index (χ3v) is 10.9. The predicted molar refractivity (Wildman–Crippen MR) is 124 cm³/mol. The van der Waals surface area contributed by atoms with Crippen LogP contribution in [0.3, 0.4) is 0 Å². The molecule has 4 rings (SSSR count). The molecule has 4 fully saturated rings. The predicted octanol–water partition coefficient (Wildman–Crippen LogP) is 6.89. The van der Waals surface area contributed by atoms with Gasteiger partial charge in [0, 0.05) is 12.0 Å². The largest absolute Gasteiger partial charge is 0.415 e. The second-order valence-corrected chi connectivity index (χ2v) is 16.8. The number of nitrogens with zero attached hydrogens (tertiary/aromatic N) is 1. The van der Waals surface area contributed by atoms with E-state index in [2.05, 4.69) is 45.6 Å². The van der Waals surface area contributed by atoms with Gasteiger partial charge in [-0.25, -0.2) is 0 Å². The Morgan fingerprint density at radius 1 is 0.897 bits per heavy atom. The van der Waals surface area contributed by atoms with Crippen molar-refractivity contribution >= 4 is 14.0 Å². The molecule has 3 nitrogen and oxygen atoms in total. The maximum Gasteiger partial charge on any atom is 0.184 e. The molecule has 4 saturated carbocycles. The lowest BCUT2D eigenvalue weighted by molar-refractivity contribution is -0.121. The van der Waals surface area contributed by atoms with E-state index in [1.54, 1.807) is 7.11 Å². The Labute approximate surface area is 180 Å². The fourth-order valence-corrected chi connectivity index (χ4v) is 9.93. The van der Waals surface area contributed by atoms with E-state index in [-0.39, 0.29) is 0 Å². The summed E-state index contributed by atoms with van der Waals surface area (Å²) in [5.74, 6) is 4.27. The highest BCUT2D eigenvalue weighted by molar-refractivity contribution is 6.69. The Bertz CT molecular complexity index is 643. The zero-order valence-electron chi connectivity index (χ0n) is 20.1. The lowest BCUT2D eigenvalue weighted by Gasteiger charge is -2.61. The summed E-state index contributed by atoms with van der Waals surface area (Å²) in [5.41, 5.74) is 2.23. The van der Waals surface area contributed by atoms with E-state index >= 15 is 0 Å². The molecule has 0 heterocycles. The number of fused-ring (bicyclic) bond motifs is 5. The van der Waals surface area contributed by atoms with Crippen LogP contribution in [0.15, 0.2) is 5.16 Å². The SMILES string of the molecule is CO/N=C(\C)C1CCC2C3CC[C@@H]4C[C@@H](O[Si](C)(C)C)CCC4(C)C3CCC12C. The van der Waals surface area contributed by atoms with Crippen LogP contribution in [-0.4, -0.2) is 27.2 Å². The molecule has 0 amide bonds. The standard InChI is InChI=1S/C25H45NO2Si/c1-17(26-27-4)21-10-11-22-20-9-8-18-16-19(28-29(5,6)7)12-14-24(18,2)23(20)13-15-25(21,22)3/h18-23H,8-16H2,1-7H3/b26-17+/t18-,19+,20?,21?,22?,23?,24?,25?/m1/s1. The molecule has 0 bridgehead atoms. The van der Waals surface area contributed by atoms with Gasteiger partial charge in [0.05, 0.1) is 5.71 Å². The fourth-order valence-electron chi connectivity index (χ4n) is 8.72. The first kappa shape index (κ1) is 21.9. The Morgan fingerprint density at radius 2 is 1.59 bits per heavy atom. The minimum Gasteiger partial charge on any atom is -0.415 e. The van der Waals surface area contributed by atoms with Crippen LogP contribution in [-0.2, 0) is 9.26 Å². The van der Waals surface area contributed by atoms with Gasteiger partial charge in [-0.3, -0.25) is 0 Å². The van der Waals surface area contributed by atoms with Crippen molar-refractivity contribution < 1.29 is 9.26 Å². The normalized spacial score (nSPS) is 47.9. The number of hydrogen-bond donors (Lipinski definition) is 0. The number of oxime groups is 1. The molecule has 4 heteroatoms. The first-order valence-corrected chi connectivity index (χ1v) is 15.7. The van der Waals surface area contributed by atoms with Gasteiger partial charge >= 0.3 is 0 Å². The van der Waals surface area contributed by atoms with Crippen LogP contribution in [0.4, 0.5) is 0 Å². The molecule has 0 aliphatic heterocycles. The summed E-state index contributed by atoms with van der Waals surface area (Å²) < 4.78 is 6.57. The molecule has 8 atom stereocenters. The average Bonchev–Trinajstić information content (AvgIpc) is 2.98. The molecule has 0 aromatic rings. The van der Waals surface area contributed by atoms with Crippen LogP contribution in [0.25, 0.3) is 0 Å². The summed E-state index contributed by atoms with van der Waals surface area (Å²) in [6, 6.07) is 0. The summed E-state index contributed by atoms with van der Waals surface area (Å²) in [7, 11) is 0.259. The van der Waals surface area contributed by atoms with Crippen LogP contribution in [0, 0.1) is 40.4 Å². The van der Waals surface area contributed by atoms with Crippen molar-refractivity contribution in [2.24, 2.45) is 45.6 Å². The van der Waals surface area contributed by atoms with Crippen LogP contribution in [0.2, 0.25) is 19.6 Å². The lowest BCUT2D eigenvalue weighted by atomic mass is 9.44. The molecular weight excluding hydrogens is 374 g/mol. The third kappa shape index (κ3) is 3.75. The van der Waals surface area contributed by atoms with E-state index < -0.39 is 8.32 Å². The quantitative estimate of drug-likeness (QED) is 0.282. The molecule has 0 N–H and O–H groups in total. The number of hydrogen-bond acceptors (Lipinski definition) is 3. The van der Waals surface area contributed by atoms with Crippen molar-refractivity contribution in [1.29, 1.82) is 0 Å². The third-order valence-electron chi connectivity index (χ3n) is 9.88.